The zero-order chi connectivity index (χ0) is 14.5. The van der Waals surface area contributed by atoms with Gasteiger partial charge in [-0.2, -0.15) is 0 Å². The third kappa shape index (κ3) is 3.14. The zero-order valence-electron chi connectivity index (χ0n) is 11.2. The molecule has 0 saturated carbocycles. The molecule has 4 nitrogen and oxygen atoms in total. The number of carbonyl (C=O) groups is 1. The van der Waals surface area contributed by atoms with Crippen LogP contribution >= 0.6 is 11.3 Å². The molecule has 0 aliphatic rings. The van der Waals surface area contributed by atoms with Crippen molar-refractivity contribution in [3.05, 3.63) is 70.8 Å². The molecule has 0 fully saturated rings. The molecule has 0 radical (unpaired) electrons. The number of hydrogen-bond donors (Lipinski definition) is 1. The first-order valence-electron chi connectivity index (χ1n) is 6.50. The average Bonchev–Trinajstić information content (AvgIpc) is 3.08. The molecule has 0 spiro atoms. The number of aromatic nitrogens is 2. The molecule has 3 rings (SSSR count). The molecule has 0 aliphatic heterocycles. The summed E-state index contributed by atoms with van der Waals surface area (Å²) in [6, 6.07) is 11.3. The number of amides is 1. The van der Waals surface area contributed by atoms with Crippen LogP contribution in [0.3, 0.4) is 0 Å². The molecule has 0 aliphatic carbocycles. The van der Waals surface area contributed by atoms with Gasteiger partial charge in [0, 0.05) is 30.7 Å². The summed E-state index contributed by atoms with van der Waals surface area (Å²) >= 11 is 1.43. The van der Waals surface area contributed by atoms with Gasteiger partial charge in [0.2, 0.25) is 0 Å². The molecule has 1 N–H and O–H groups in total. The minimum atomic E-state index is -0.0606. The number of nitrogens with zero attached hydrogens (tertiary/aromatic N) is 2. The normalized spacial score (nSPS) is 10.3. The highest BCUT2D eigenvalue weighted by atomic mass is 32.1. The Bertz CT molecular complexity index is 726. The topological polar surface area (TPSA) is 54.9 Å². The van der Waals surface area contributed by atoms with Crippen molar-refractivity contribution in [1.82, 2.24) is 15.3 Å². The minimum Gasteiger partial charge on any atom is -0.347 e. The Balaban J connectivity index is 1.79. The van der Waals surface area contributed by atoms with Gasteiger partial charge >= 0.3 is 0 Å². The lowest BCUT2D eigenvalue weighted by Crippen LogP contribution is -2.22. The fraction of sp³-hybridized carbons (Fsp3) is 0.0625. The number of nitrogens with one attached hydrogen (secondary N) is 1. The number of pyridine rings is 2. The summed E-state index contributed by atoms with van der Waals surface area (Å²) in [5.41, 5.74) is 2.84. The van der Waals surface area contributed by atoms with Crippen LogP contribution in [0.25, 0.3) is 11.3 Å². The third-order valence-corrected chi connectivity index (χ3v) is 3.90. The Morgan fingerprint density at radius 1 is 1.10 bits per heavy atom. The maximum atomic E-state index is 12.0. The highest BCUT2D eigenvalue weighted by Gasteiger charge is 2.09. The smallest absolute Gasteiger partial charge is 0.261 e. The molecule has 1 amide bonds. The first-order valence-corrected chi connectivity index (χ1v) is 7.38. The van der Waals surface area contributed by atoms with Gasteiger partial charge in [0.25, 0.3) is 5.91 Å². The van der Waals surface area contributed by atoms with Crippen LogP contribution in [-0.2, 0) is 6.54 Å². The third-order valence-electron chi connectivity index (χ3n) is 3.03. The van der Waals surface area contributed by atoms with Crippen LogP contribution in [-0.4, -0.2) is 15.9 Å². The molecule has 0 unspecified atom stereocenters. The van der Waals surface area contributed by atoms with Crippen molar-refractivity contribution in [3.8, 4) is 11.3 Å². The highest BCUT2D eigenvalue weighted by Crippen LogP contribution is 2.20. The van der Waals surface area contributed by atoms with Crippen LogP contribution in [0.5, 0.6) is 0 Å². The van der Waals surface area contributed by atoms with E-state index >= 15 is 0 Å². The second-order valence-corrected chi connectivity index (χ2v) is 5.35. The van der Waals surface area contributed by atoms with Gasteiger partial charge in [-0.05, 0) is 35.2 Å². The Hall–Kier alpha value is -2.53. The van der Waals surface area contributed by atoms with Crippen molar-refractivity contribution < 1.29 is 4.79 Å². The minimum absolute atomic E-state index is 0.0606. The number of thiophene rings is 1. The van der Waals surface area contributed by atoms with Gasteiger partial charge in [0.1, 0.15) is 0 Å². The zero-order valence-corrected chi connectivity index (χ0v) is 12.0. The lowest BCUT2D eigenvalue weighted by atomic mass is 10.1. The van der Waals surface area contributed by atoms with Crippen LogP contribution in [0.4, 0.5) is 0 Å². The van der Waals surface area contributed by atoms with Gasteiger partial charge in [0.05, 0.1) is 10.6 Å². The van der Waals surface area contributed by atoms with Crippen molar-refractivity contribution in [2.24, 2.45) is 0 Å². The SMILES string of the molecule is O=C(NCc1cccnc1-c1ccncc1)c1cccs1. The van der Waals surface area contributed by atoms with E-state index in [1.807, 2.05) is 41.8 Å². The molecule has 3 aromatic rings. The molecular formula is C16H13N3OS. The Morgan fingerprint density at radius 2 is 1.95 bits per heavy atom. The summed E-state index contributed by atoms with van der Waals surface area (Å²) in [4.78, 5) is 21.1. The molecule has 0 bridgehead atoms. The maximum Gasteiger partial charge on any atom is 0.261 e. The van der Waals surface area contributed by atoms with Crippen LogP contribution in [0, 0.1) is 0 Å². The fourth-order valence-electron chi connectivity index (χ4n) is 2.02. The second kappa shape index (κ2) is 6.28. The van der Waals surface area contributed by atoms with Crippen LogP contribution < -0.4 is 5.32 Å². The highest BCUT2D eigenvalue weighted by molar-refractivity contribution is 7.12. The molecule has 0 aromatic carbocycles. The summed E-state index contributed by atoms with van der Waals surface area (Å²) < 4.78 is 0. The summed E-state index contributed by atoms with van der Waals surface area (Å²) in [6.07, 6.45) is 5.22. The van der Waals surface area contributed by atoms with Gasteiger partial charge < -0.3 is 5.32 Å². The molecule has 3 aromatic heterocycles. The molecule has 5 heteroatoms. The first-order chi connectivity index (χ1) is 10.3. The van der Waals surface area contributed by atoms with E-state index < -0.39 is 0 Å². The summed E-state index contributed by atoms with van der Waals surface area (Å²) in [5, 5.41) is 4.82. The summed E-state index contributed by atoms with van der Waals surface area (Å²) in [5.74, 6) is -0.0606. The number of rotatable bonds is 4. The lowest BCUT2D eigenvalue weighted by molar-refractivity contribution is 0.0955. The number of carbonyl (C=O) groups excluding carboxylic acids is 1. The quantitative estimate of drug-likeness (QED) is 0.804. The summed E-state index contributed by atoms with van der Waals surface area (Å²) in [6.45, 7) is 0.447. The molecule has 3 heterocycles. The summed E-state index contributed by atoms with van der Waals surface area (Å²) in [7, 11) is 0. The van der Waals surface area contributed by atoms with Gasteiger partial charge in [0.15, 0.2) is 0 Å². The van der Waals surface area contributed by atoms with Gasteiger partial charge in [-0.1, -0.05) is 12.1 Å². The maximum absolute atomic E-state index is 12.0. The number of hydrogen-bond acceptors (Lipinski definition) is 4. The van der Waals surface area contributed by atoms with E-state index in [2.05, 4.69) is 15.3 Å². The standard InChI is InChI=1S/C16H13N3OS/c20-16(14-4-2-10-21-14)19-11-13-3-1-7-18-15(13)12-5-8-17-9-6-12/h1-10H,11H2,(H,19,20). The van der Waals surface area contributed by atoms with Crippen LogP contribution in [0.15, 0.2) is 60.4 Å². The molecular weight excluding hydrogens is 282 g/mol. The van der Waals surface area contributed by atoms with Gasteiger partial charge in [-0.15, -0.1) is 11.3 Å². The van der Waals surface area contributed by atoms with E-state index in [9.17, 15) is 4.79 Å². The van der Waals surface area contributed by atoms with Gasteiger partial charge in [-0.3, -0.25) is 14.8 Å². The predicted molar refractivity (Wildman–Crippen MR) is 83.0 cm³/mol. The second-order valence-electron chi connectivity index (χ2n) is 4.41. The van der Waals surface area contributed by atoms with E-state index in [0.29, 0.717) is 11.4 Å². The Labute approximate surface area is 126 Å². The molecule has 21 heavy (non-hydrogen) atoms. The monoisotopic (exact) mass is 295 g/mol. The molecule has 0 saturated heterocycles. The predicted octanol–water partition coefficient (Wildman–Crippen LogP) is 3.14. The molecule has 104 valence electrons. The average molecular weight is 295 g/mol. The van der Waals surface area contributed by atoms with Crippen LogP contribution in [0.2, 0.25) is 0 Å². The van der Waals surface area contributed by atoms with Crippen molar-refractivity contribution in [2.75, 3.05) is 0 Å². The first kappa shape index (κ1) is 13.5. The van der Waals surface area contributed by atoms with E-state index in [-0.39, 0.29) is 5.91 Å². The van der Waals surface area contributed by atoms with E-state index in [4.69, 9.17) is 0 Å². The van der Waals surface area contributed by atoms with Crippen molar-refractivity contribution in [1.29, 1.82) is 0 Å². The lowest BCUT2D eigenvalue weighted by Gasteiger charge is -2.09. The van der Waals surface area contributed by atoms with E-state index in [1.165, 1.54) is 11.3 Å². The Kier molecular flexibility index (Phi) is 4.02. The van der Waals surface area contributed by atoms with E-state index in [1.54, 1.807) is 18.6 Å². The largest absolute Gasteiger partial charge is 0.347 e. The van der Waals surface area contributed by atoms with Crippen molar-refractivity contribution in [3.63, 3.8) is 0 Å². The fourth-order valence-corrected chi connectivity index (χ4v) is 2.66. The van der Waals surface area contributed by atoms with Crippen molar-refractivity contribution >= 4 is 17.2 Å². The van der Waals surface area contributed by atoms with Gasteiger partial charge in [-0.25, -0.2) is 0 Å². The molecule has 0 atom stereocenters. The Morgan fingerprint density at radius 3 is 2.71 bits per heavy atom. The van der Waals surface area contributed by atoms with Crippen LogP contribution in [0.1, 0.15) is 15.2 Å². The van der Waals surface area contributed by atoms with Crippen molar-refractivity contribution in [2.45, 2.75) is 6.54 Å². The van der Waals surface area contributed by atoms with E-state index in [0.717, 1.165) is 16.8 Å².